The second-order valence-corrected chi connectivity index (χ2v) is 6.64. The van der Waals surface area contributed by atoms with Crippen LogP contribution in [0.4, 0.5) is 5.69 Å². The quantitative estimate of drug-likeness (QED) is 0.544. The van der Waals surface area contributed by atoms with Crippen LogP contribution in [0.15, 0.2) is 52.0 Å². The van der Waals surface area contributed by atoms with Gasteiger partial charge in [-0.15, -0.1) is 0 Å². The number of nitrogens with one attached hydrogen (secondary N) is 1. The predicted octanol–water partition coefficient (Wildman–Crippen LogP) is 5.23. The number of ether oxygens (including phenoxy) is 2. The van der Waals surface area contributed by atoms with Crippen LogP contribution in [0.5, 0.6) is 11.5 Å². The van der Waals surface area contributed by atoms with Gasteiger partial charge in [0.05, 0.1) is 25.1 Å². The fraction of sp³-hybridized carbons (Fsp3) is 0.316. The molecule has 0 heterocycles. The molecule has 2 aromatic rings. The smallest absolute Gasteiger partial charge is 0.162 e. The lowest BCUT2D eigenvalue weighted by atomic mass is 10.2. The molecule has 0 aromatic heterocycles. The Morgan fingerprint density at radius 2 is 1.88 bits per heavy atom. The van der Waals surface area contributed by atoms with Gasteiger partial charge in [0.2, 0.25) is 0 Å². The van der Waals surface area contributed by atoms with Crippen molar-refractivity contribution in [3.05, 3.63) is 52.5 Å². The van der Waals surface area contributed by atoms with Gasteiger partial charge in [0.1, 0.15) is 0 Å². The van der Waals surface area contributed by atoms with E-state index in [1.807, 2.05) is 42.5 Å². The van der Waals surface area contributed by atoms with Crippen LogP contribution in [0.25, 0.3) is 0 Å². The highest BCUT2D eigenvalue weighted by Crippen LogP contribution is 2.35. The molecule has 0 bridgehead atoms. The van der Waals surface area contributed by atoms with Crippen molar-refractivity contribution in [2.45, 2.75) is 31.8 Å². The summed E-state index contributed by atoms with van der Waals surface area (Å²) in [6, 6.07) is 13.7. The standard InChI is InChI=1S/C19H21BrN2O2/c1-23-18-11-14(13-21-22-15-7-3-2-4-8-15)17(20)12-19(18)24-16-9-5-6-10-16/h2-4,7-8,11-13,16,22H,5-6,9-10H2,1H3. The van der Waals surface area contributed by atoms with Crippen LogP contribution in [0.1, 0.15) is 31.2 Å². The average Bonchev–Trinajstić information content (AvgIpc) is 3.11. The largest absolute Gasteiger partial charge is 0.493 e. The molecular formula is C19H21BrN2O2. The van der Waals surface area contributed by atoms with Gasteiger partial charge in [-0.1, -0.05) is 18.2 Å². The second-order valence-electron chi connectivity index (χ2n) is 5.78. The van der Waals surface area contributed by atoms with Gasteiger partial charge in [0.15, 0.2) is 11.5 Å². The van der Waals surface area contributed by atoms with Crippen LogP contribution < -0.4 is 14.9 Å². The molecule has 0 amide bonds. The van der Waals surface area contributed by atoms with E-state index < -0.39 is 0 Å². The van der Waals surface area contributed by atoms with Crippen molar-refractivity contribution < 1.29 is 9.47 Å². The molecule has 0 radical (unpaired) electrons. The summed E-state index contributed by atoms with van der Waals surface area (Å²) in [6.45, 7) is 0. The lowest BCUT2D eigenvalue weighted by molar-refractivity contribution is 0.200. The van der Waals surface area contributed by atoms with E-state index >= 15 is 0 Å². The number of anilines is 1. The summed E-state index contributed by atoms with van der Waals surface area (Å²) >= 11 is 3.59. The van der Waals surface area contributed by atoms with Gasteiger partial charge in [-0.25, -0.2) is 0 Å². The topological polar surface area (TPSA) is 42.8 Å². The molecule has 126 valence electrons. The first-order valence-corrected chi connectivity index (χ1v) is 8.94. The Hall–Kier alpha value is -2.01. The molecule has 0 atom stereocenters. The van der Waals surface area contributed by atoms with Crippen molar-refractivity contribution in [1.82, 2.24) is 0 Å². The minimum Gasteiger partial charge on any atom is -0.493 e. The number of hydrogen-bond acceptors (Lipinski definition) is 4. The first-order valence-electron chi connectivity index (χ1n) is 8.14. The van der Waals surface area contributed by atoms with Crippen molar-refractivity contribution in [3.63, 3.8) is 0 Å². The molecule has 2 aromatic carbocycles. The van der Waals surface area contributed by atoms with Crippen LogP contribution in [-0.4, -0.2) is 19.4 Å². The predicted molar refractivity (Wildman–Crippen MR) is 101 cm³/mol. The van der Waals surface area contributed by atoms with E-state index in [-0.39, 0.29) is 0 Å². The van der Waals surface area contributed by atoms with Crippen molar-refractivity contribution >= 4 is 27.8 Å². The summed E-state index contributed by atoms with van der Waals surface area (Å²) in [5.74, 6) is 1.51. The fourth-order valence-electron chi connectivity index (χ4n) is 2.78. The summed E-state index contributed by atoms with van der Waals surface area (Å²) in [4.78, 5) is 0. The Morgan fingerprint density at radius 3 is 2.58 bits per heavy atom. The van der Waals surface area contributed by atoms with Crippen molar-refractivity contribution in [2.24, 2.45) is 5.10 Å². The molecule has 0 unspecified atom stereocenters. The lowest BCUT2D eigenvalue weighted by Crippen LogP contribution is -2.11. The third-order valence-electron chi connectivity index (χ3n) is 4.05. The van der Waals surface area contributed by atoms with Crippen LogP contribution in [0.2, 0.25) is 0 Å². The highest BCUT2D eigenvalue weighted by atomic mass is 79.9. The highest BCUT2D eigenvalue weighted by molar-refractivity contribution is 9.10. The number of hydrogen-bond donors (Lipinski definition) is 1. The SMILES string of the molecule is COc1cc(C=NNc2ccccc2)c(Br)cc1OC1CCCC1. The van der Waals surface area contributed by atoms with E-state index in [0.29, 0.717) is 6.10 Å². The minimum absolute atomic E-state index is 0.296. The molecule has 1 aliphatic rings. The maximum atomic E-state index is 6.09. The van der Waals surface area contributed by atoms with Gasteiger partial charge in [-0.3, -0.25) is 5.43 Å². The number of benzene rings is 2. The molecule has 0 aliphatic heterocycles. The van der Waals surface area contributed by atoms with Gasteiger partial charge in [0, 0.05) is 10.0 Å². The molecular weight excluding hydrogens is 368 g/mol. The van der Waals surface area contributed by atoms with E-state index in [1.54, 1.807) is 13.3 Å². The maximum Gasteiger partial charge on any atom is 0.162 e. The molecule has 0 spiro atoms. The molecule has 4 nitrogen and oxygen atoms in total. The number of rotatable bonds is 6. The average molecular weight is 389 g/mol. The van der Waals surface area contributed by atoms with Crippen molar-refractivity contribution in [1.29, 1.82) is 0 Å². The third-order valence-corrected chi connectivity index (χ3v) is 4.74. The summed E-state index contributed by atoms with van der Waals surface area (Å²) in [5.41, 5.74) is 4.88. The van der Waals surface area contributed by atoms with Crippen molar-refractivity contribution in [2.75, 3.05) is 12.5 Å². The molecule has 1 saturated carbocycles. The molecule has 1 N–H and O–H groups in total. The Bertz CT molecular complexity index is 698. The zero-order valence-corrected chi connectivity index (χ0v) is 15.3. The van der Waals surface area contributed by atoms with E-state index in [4.69, 9.17) is 9.47 Å². The number of methoxy groups -OCH3 is 1. The maximum absolute atomic E-state index is 6.09. The zero-order valence-electron chi connectivity index (χ0n) is 13.7. The Kier molecular flexibility index (Phi) is 5.75. The Labute approximate surface area is 151 Å². The second kappa shape index (κ2) is 8.20. The Balaban J connectivity index is 1.73. The molecule has 1 fully saturated rings. The van der Waals surface area contributed by atoms with Crippen molar-refractivity contribution in [3.8, 4) is 11.5 Å². The highest BCUT2D eigenvalue weighted by Gasteiger charge is 2.19. The summed E-state index contributed by atoms with van der Waals surface area (Å²) in [5, 5.41) is 4.28. The first-order chi connectivity index (χ1) is 11.8. The van der Waals surface area contributed by atoms with E-state index in [1.165, 1.54) is 12.8 Å². The van der Waals surface area contributed by atoms with Gasteiger partial charge in [-0.2, -0.15) is 5.10 Å². The van der Waals surface area contributed by atoms with E-state index in [9.17, 15) is 0 Å². The van der Waals surface area contributed by atoms with Gasteiger partial charge in [0.25, 0.3) is 0 Å². The van der Waals surface area contributed by atoms with Gasteiger partial charge < -0.3 is 9.47 Å². The zero-order chi connectivity index (χ0) is 16.8. The third kappa shape index (κ3) is 4.29. The molecule has 1 aliphatic carbocycles. The number of hydrazone groups is 1. The van der Waals surface area contributed by atoms with Gasteiger partial charge in [-0.05, 0) is 65.9 Å². The number of para-hydroxylation sites is 1. The van der Waals surface area contributed by atoms with Crippen LogP contribution in [-0.2, 0) is 0 Å². The van der Waals surface area contributed by atoms with Crippen LogP contribution in [0, 0.1) is 0 Å². The summed E-state index contributed by atoms with van der Waals surface area (Å²) in [7, 11) is 1.66. The van der Waals surface area contributed by atoms with Gasteiger partial charge >= 0.3 is 0 Å². The van der Waals surface area contributed by atoms with Crippen LogP contribution >= 0.6 is 15.9 Å². The van der Waals surface area contributed by atoms with E-state index in [2.05, 4.69) is 26.5 Å². The normalized spacial score (nSPS) is 14.9. The lowest BCUT2D eigenvalue weighted by Gasteiger charge is -2.17. The molecule has 0 saturated heterocycles. The number of nitrogens with zero attached hydrogens (tertiary/aromatic N) is 1. The summed E-state index contributed by atoms with van der Waals surface area (Å²) < 4.78 is 12.5. The molecule has 3 rings (SSSR count). The summed E-state index contributed by atoms with van der Waals surface area (Å²) in [6.07, 6.45) is 6.77. The first kappa shape index (κ1) is 16.8. The Morgan fingerprint density at radius 1 is 1.12 bits per heavy atom. The van der Waals surface area contributed by atoms with E-state index in [0.717, 1.165) is 40.1 Å². The fourth-order valence-corrected chi connectivity index (χ4v) is 3.20. The minimum atomic E-state index is 0.296. The molecule has 5 heteroatoms. The monoisotopic (exact) mass is 388 g/mol. The number of halogens is 1. The van der Waals surface area contributed by atoms with Crippen LogP contribution in [0.3, 0.4) is 0 Å². The molecule has 24 heavy (non-hydrogen) atoms.